The van der Waals surface area contributed by atoms with Gasteiger partial charge in [0, 0.05) is 10.7 Å². The molecule has 0 unspecified atom stereocenters. The second kappa shape index (κ2) is 4.26. The van der Waals surface area contributed by atoms with Crippen molar-refractivity contribution in [1.82, 2.24) is 4.98 Å². The number of halogens is 2. The van der Waals surface area contributed by atoms with Crippen molar-refractivity contribution < 1.29 is 4.39 Å². The number of anilines is 1. The van der Waals surface area contributed by atoms with Crippen LogP contribution in [0.5, 0.6) is 0 Å². The number of hydrogen-bond donors (Lipinski definition) is 1. The molecule has 0 amide bonds. The Morgan fingerprint density at radius 2 is 2.29 bits per heavy atom. The molecule has 1 aliphatic carbocycles. The van der Waals surface area contributed by atoms with Gasteiger partial charge in [0.1, 0.15) is 6.17 Å². The third kappa shape index (κ3) is 2.23. The lowest BCUT2D eigenvalue weighted by molar-refractivity contribution is 0.323. The molecule has 4 heteroatoms. The van der Waals surface area contributed by atoms with E-state index >= 15 is 0 Å². The van der Waals surface area contributed by atoms with E-state index in [2.05, 4.69) is 26.2 Å². The molecule has 0 radical (unpaired) electrons. The minimum atomic E-state index is -0.714. The van der Waals surface area contributed by atoms with Crippen LogP contribution in [0.1, 0.15) is 19.3 Å². The number of rotatable bonds is 2. The molecule has 76 valence electrons. The largest absolute Gasteiger partial charge is 0.378 e. The molecule has 1 heterocycles. The Hall–Kier alpha value is -0.640. The highest BCUT2D eigenvalue weighted by molar-refractivity contribution is 9.10. The van der Waals surface area contributed by atoms with E-state index in [1.807, 2.05) is 6.07 Å². The van der Waals surface area contributed by atoms with Crippen molar-refractivity contribution in [3.05, 3.63) is 22.9 Å². The summed E-state index contributed by atoms with van der Waals surface area (Å²) >= 11 is 3.33. The van der Waals surface area contributed by atoms with Crippen molar-refractivity contribution in [2.75, 3.05) is 5.32 Å². The zero-order valence-corrected chi connectivity index (χ0v) is 9.30. The van der Waals surface area contributed by atoms with Crippen molar-refractivity contribution in [3.63, 3.8) is 0 Å². The molecule has 0 aromatic carbocycles. The predicted molar refractivity (Wildman–Crippen MR) is 58.1 cm³/mol. The first-order valence-corrected chi connectivity index (χ1v) is 5.56. The predicted octanol–water partition coefficient (Wildman–Crippen LogP) is 3.15. The number of hydrogen-bond acceptors (Lipinski definition) is 2. The molecule has 0 aliphatic heterocycles. The number of aromatic nitrogens is 1. The van der Waals surface area contributed by atoms with Gasteiger partial charge in [-0.1, -0.05) is 0 Å². The molecule has 1 aliphatic rings. The van der Waals surface area contributed by atoms with Crippen LogP contribution in [0.2, 0.25) is 0 Å². The third-order valence-corrected chi connectivity index (χ3v) is 2.92. The van der Waals surface area contributed by atoms with E-state index in [1.165, 1.54) is 0 Å². The van der Waals surface area contributed by atoms with Gasteiger partial charge < -0.3 is 5.32 Å². The Bertz CT molecular complexity index is 319. The summed E-state index contributed by atoms with van der Waals surface area (Å²) in [7, 11) is 0. The van der Waals surface area contributed by atoms with E-state index in [9.17, 15) is 4.39 Å². The molecule has 0 spiro atoms. The van der Waals surface area contributed by atoms with Gasteiger partial charge in [0.25, 0.3) is 0 Å². The fraction of sp³-hybridized carbons (Fsp3) is 0.500. The second-order valence-electron chi connectivity index (χ2n) is 3.59. The molecule has 1 fully saturated rings. The van der Waals surface area contributed by atoms with Crippen molar-refractivity contribution in [1.29, 1.82) is 0 Å². The summed E-state index contributed by atoms with van der Waals surface area (Å²) in [4.78, 5) is 4.02. The molecule has 1 saturated carbocycles. The molecule has 2 atom stereocenters. The first-order chi connectivity index (χ1) is 6.75. The van der Waals surface area contributed by atoms with Crippen LogP contribution in [0.4, 0.5) is 10.1 Å². The fourth-order valence-electron chi connectivity index (χ4n) is 1.78. The molecule has 1 aromatic rings. The average molecular weight is 259 g/mol. The van der Waals surface area contributed by atoms with Crippen LogP contribution >= 0.6 is 15.9 Å². The molecule has 0 saturated heterocycles. The maximum atomic E-state index is 13.3. The Kier molecular flexibility index (Phi) is 3.01. The van der Waals surface area contributed by atoms with E-state index < -0.39 is 6.17 Å². The Balaban J connectivity index is 2.03. The smallest absolute Gasteiger partial charge is 0.120 e. The summed E-state index contributed by atoms with van der Waals surface area (Å²) in [6, 6.07) is 1.88. The van der Waals surface area contributed by atoms with E-state index in [4.69, 9.17) is 0 Å². The van der Waals surface area contributed by atoms with E-state index in [-0.39, 0.29) is 6.04 Å². The van der Waals surface area contributed by atoms with Gasteiger partial charge in [0.05, 0.1) is 17.9 Å². The van der Waals surface area contributed by atoms with Gasteiger partial charge in [0.2, 0.25) is 0 Å². The zero-order chi connectivity index (χ0) is 9.97. The molecule has 1 aromatic heterocycles. The van der Waals surface area contributed by atoms with Gasteiger partial charge in [-0.3, -0.25) is 4.98 Å². The van der Waals surface area contributed by atoms with Crippen molar-refractivity contribution in [2.45, 2.75) is 31.5 Å². The lowest BCUT2D eigenvalue weighted by Gasteiger charge is -2.15. The molecule has 2 nitrogen and oxygen atoms in total. The van der Waals surface area contributed by atoms with Crippen molar-refractivity contribution in [3.8, 4) is 0 Å². The topological polar surface area (TPSA) is 24.9 Å². The van der Waals surface area contributed by atoms with E-state index in [1.54, 1.807) is 12.4 Å². The van der Waals surface area contributed by atoms with Crippen LogP contribution in [0, 0.1) is 0 Å². The molecular weight excluding hydrogens is 247 g/mol. The highest BCUT2D eigenvalue weighted by Gasteiger charge is 2.26. The van der Waals surface area contributed by atoms with Gasteiger partial charge >= 0.3 is 0 Å². The summed E-state index contributed by atoms with van der Waals surface area (Å²) in [5.41, 5.74) is 0.883. The van der Waals surface area contributed by atoms with Gasteiger partial charge in [-0.2, -0.15) is 0 Å². The van der Waals surface area contributed by atoms with Crippen LogP contribution in [-0.2, 0) is 0 Å². The van der Waals surface area contributed by atoms with E-state index in [0.717, 1.165) is 23.0 Å². The Morgan fingerprint density at radius 3 is 2.93 bits per heavy atom. The lowest BCUT2D eigenvalue weighted by Crippen LogP contribution is -2.24. The summed E-state index contributed by atoms with van der Waals surface area (Å²) in [5.74, 6) is 0. The van der Waals surface area contributed by atoms with Gasteiger partial charge in [-0.05, 0) is 41.3 Å². The van der Waals surface area contributed by atoms with Gasteiger partial charge in [-0.15, -0.1) is 0 Å². The number of nitrogens with one attached hydrogen (secondary N) is 1. The molecule has 0 bridgehead atoms. The summed E-state index contributed by atoms with van der Waals surface area (Å²) < 4.78 is 14.2. The fourth-order valence-corrected chi connectivity index (χ4v) is 2.15. The maximum absolute atomic E-state index is 13.3. The minimum Gasteiger partial charge on any atom is -0.378 e. The quantitative estimate of drug-likeness (QED) is 0.882. The number of pyridine rings is 1. The van der Waals surface area contributed by atoms with Crippen molar-refractivity contribution >= 4 is 21.6 Å². The van der Waals surface area contributed by atoms with Crippen LogP contribution in [0.25, 0.3) is 0 Å². The standard InChI is InChI=1S/C10H12BrFN2/c11-7-4-8(6-13-5-7)14-10-3-1-2-9(10)12/h4-6,9-10,14H,1-3H2/t9-,10+/m0/s1. The van der Waals surface area contributed by atoms with Crippen LogP contribution < -0.4 is 5.32 Å². The van der Waals surface area contributed by atoms with Crippen LogP contribution in [0.3, 0.4) is 0 Å². The molecule has 14 heavy (non-hydrogen) atoms. The normalized spacial score (nSPS) is 26.4. The van der Waals surface area contributed by atoms with E-state index in [0.29, 0.717) is 6.42 Å². The van der Waals surface area contributed by atoms with Crippen LogP contribution in [0.15, 0.2) is 22.9 Å². The van der Waals surface area contributed by atoms with Gasteiger partial charge in [0.15, 0.2) is 0 Å². The third-order valence-electron chi connectivity index (χ3n) is 2.49. The summed E-state index contributed by atoms with van der Waals surface area (Å²) in [6.07, 6.45) is 5.28. The summed E-state index contributed by atoms with van der Waals surface area (Å²) in [5, 5.41) is 3.16. The Morgan fingerprint density at radius 1 is 1.43 bits per heavy atom. The summed E-state index contributed by atoms with van der Waals surface area (Å²) in [6.45, 7) is 0. The SMILES string of the molecule is F[C@H]1CCC[C@H]1Nc1cncc(Br)c1. The maximum Gasteiger partial charge on any atom is 0.120 e. The number of nitrogens with zero attached hydrogens (tertiary/aromatic N) is 1. The van der Waals surface area contributed by atoms with Gasteiger partial charge in [-0.25, -0.2) is 4.39 Å². The highest BCUT2D eigenvalue weighted by Crippen LogP contribution is 2.25. The first kappa shape index (κ1) is 9.90. The zero-order valence-electron chi connectivity index (χ0n) is 7.71. The van der Waals surface area contributed by atoms with Crippen LogP contribution in [-0.4, -0.2) is 17.2 Å². The monoisotopic (exact) mass is 258 g/mol. The van der Waals surface area contributed by atoms with Crippen molar-refractivity contribution in [2.24, 2.45) is 0 Å². The number of alkyl halides is 1. The highest BCUT2D eigenvalue weighted by atomic mass is 79.9. The first-order valence-electron chi connectivity index (χ1n) is 4.77. The second-order valence-corrected chi connectivity index (χ2v) is 4.51. The molecule has 1 N–H and O–H groups in total. The molecular formula is C10H12BrFN2. The molecule has 2 rings (SSSR count). The minimum absolute atomic E-state index is 0.0360. The Labute approximate surface area is 91.1 Å². The average Bonchev–Trinajstić information content (AvgIpc) is 2.52. The lowest BCUT2D eigenvalue weighted by atomic mass is 10.2.